The summed E-state index contributed by atoms with van der Waals surface area (Å²) in [6.07, 6.45) is 1.09. The lowest BCUT2D eigenvalue weighted by Gasteiger charge is -2.09. The average Bonchev–Trinajstić information content (AvgIpc) is 3.09. The molecule has 0 aliphatic rings. The van der Waals surface area contributed by atoms with E-state index < -0.39 is 30.6 Å². The van der Waals surface area contributed by atoms with E-state index in [1.165, 1.54) is 41.4 Å². The molecule has 0 spiro atoms. The van der Waals surface area contributed by atoms with Gasteiger partial charge in [-0.15, -0.1) is 5.10 Å². The SMILES string of the molecule is O=c1c2cccnc2ncn1Cc1nn(C[C@H](F)c2ccc(OC(F)F)cc2)c(=O)o1. The van der Waals surface area contributed by atoms with E-state index in [1.54, 1.807) is 12.1 Å². The monoisotopic (exact) mass is 433 g/mol. The highest BCUT2D eigenvalue weighted by molar-refractivity contribution is 5.72. The fourth-order valence-electron chi connectivity index (χ4n) is 2.90. The van der Waals surface area contributed by atoms with Crippen LogP contribution in [0.15, 0.2) is 62.9 Å². The lowest BCUT2D eigenvalue weighted by molar-refractivity contribution is -0.0498. The number of fused-ring (bicyclic) bond motifs is 1. The summed E-state index contributed by atoms with van der Waals surface area (Å²) in [4.78, 5) is 32.6. The van der Waals surface area contributed by atoms with Crippen molar-refractivity contribution < 1.29 is 22.3 Å². The van der Waals surface area contributed by atoms with E-state index in [4.69, 9.17) is 4.42 Å². The number of nitrogens with zero attached hydrogens (tertiary/aromatic N) is 5. The first-order valence-electron chi connectivity index (χ1n) is 8.96. The minimum absolute atomic E-state index is 0.106. The predicted octanol–water partition coefficient (Wildman–Crippen LogP) is 2.30. The molecular formula is C19H14F3N5O4. The number of aromatic nitrogens is 5. The van der Waals surface area contributed by atoms with Gasteiger partial charge in [0.1, 0.15) is 24.8 Å². The first-order valence-corrected chi connectivity index (χ1v) is 8.96. The summed E-state index contributed by atoms with van der Waals surface area (Å²) in [7, 11) is 0. The Morgan fingerprint density at radius 2 is 1.84 bits per heavy atom. The second-order valence-electron chi connectivity index (χ2n) is 6.41. The van der Waals surface area contributed by atoms with Crippen LogP contribution in [0.3, 0.4) is 0 Å². The van der Waals surface area contributed by atoms with Crippen molar-refractivity contribution in [2.45, 2.75) is 25.9 Å². The third kappa shape index (κ3) is 4.47. The molecular weight excluding hydrogens is 419 g/mol. The Labute approximate surface area is 171 Å². The maximum Gasteiger partial charge on any atom is 0.437 e. The molecule has 3 heterocycles. The van der Waals surface area contributed by atoms with Gasteiger partial charge in [-0.1, -0.05) is 12.1 Å². The summed E-state index contributed by atoms with van der Waals surface area (Å²) in [6.45, 7) is -3.64. The zero-order chi connectivity index (χ0) is 22.0. The Hall–Kier alpha value is -3.96. The highest BCUT2D eigenvalue weighted by atomic mass is 19.3. The summed E-state index contributed by atoms with van der Waals surface area (Å²) >= 11 is 0. The van der Waals surface area contributed by atoms with Crippen LogP contribution in [0.1, 0.15) is 17.6 Å². The van der Waals surface area contributed by atoms with Crippen LogP contribution in [-0.4, -0.2) is 30.9 Å². The fraction of sp³-hybridized carbons (Fsp3) is 0.211. The third-order valence-electron chi connectivity index (χ3n) is 4.35. The van der Waals surface area contributed by atoms with Crippen molar-refractivity contribution in [3.8, 4) is 5.75 Å². The molecule has 0 saturated heterocycles. The topological polar surface area (TPSA) is 105 Å². The number of ether oxygens (including phenoxy) is 1. The zero-order valence-electron chi connectivity index (χ0n) is 15.7. The highest BCUT2D eigenvalue weighted by Gasteiger charge is 2.17. The number of rotatable bonds is 7. The molecule has 0 saturated carbocycles. The standard InChI is InChI=1S/C19H14F3N5O4/c20-14(11-3-5-12(6-4-11)30-18(21)22)8-27-19(29)31-15(25-27)9-26-10-24-16-13(17(26)28)2-1-7-23-16/h1-7,10,14,18H,8-9H2/t14-/m0/s1. The molecule has 3 aromatic heterocycles. The largest absolute Gasteiger partial charge is 0.437 e. The van der Waals surface area contributed by atoms with Crippen molar-refractivity contribution in [3.63, 3.8) is 0 Å². The normalized spacial score (nSPS) is 12.4. The third-order valence-corrected chi connectivity index (χ3v) is 4.35. The molecule has 0 N–H and O–H groups in total. The molecule has 1 aromatic carbocycles. The first kappa shape index (κ1) is 20.3. The molecule has 9 nitrogen and oxygen atoms in total. The highest BCUT2D eigenvalue weighted by Crippen LogP contribution is 2.22. The van der Waals surface area contributed by atoms with Crippen LogP contribution in [0.25, 0.3) is 11.0 Å². The molecule has 12 heteroatoms. The molecule has 0 amide bonds. The minimum atomic E-state index is -2.99. The fourth-order valence-corrected chi connectivity index (χ4v) is 2.90. The molecule has 0 unspecified atom stereocenters. The van der Waals surface area contributed by atoms with E-state index in [9.17, 15) is 22.8 Å². The van der Waals surface area contributed by atoms with Gasteiger partial charge in [0.05, 0.1) is 11.9 Å². The van der Waals surface area contributed by atoms with Crippen LogP contribution in [0, 0.1) is 0 Å². The van der Waals surface area contributed by atoms with E-state index in [0.717, 1.165) is 4.68 Å². The summed E-state index contributed by atoms with van der Waals surface area (Å²) < 4.78 is 50.1. The molecule has 160 valence electrons. The van der Waals surface area contributed by atoms with Crippen LogP contribution in [0.4, 0.5) is 13.2 Å². The van der Waals surface area contributed by atoms with Crippen molar-refractivity contribution in [1.82, 2.24) is 24.3 Å². The number of alkyl halides is 3. The second-order valence-corrected chi connectivity index (χ2v) is 6.41. The van der Waals surface area contributed by atoms with Gasteiger partial charge >= 0.3 is 12.4 Å². The predicted molar refractivity (Wildman–Crippen MR) is 101 cm³/mol. The number of halogens is 3. The van der Waals surface area contributed by atoms with Gasteiger partial charge in [0.2, 0.25) is 5.89 Å². The average molecular weight is 433 g/mol. The Balaban J connectivity index is 1.50. The molecule has 0 aliphatic heterocycles. The van der Waals surface area contributed by atoms with Crippen LogP contribution in [-0.2, 0) is 13.1 Å². The number of pyridine rings is 1. The van der Waals surface area contributed by atoms with Crippen molar-refractivity contribution in [2.24, 2.45) is 0 Å². The zero-order valence-corrected chi connectivity index (χ0v) is 15.7. The van der Waals surface area contributed by atoms with Gasteiger partial charge in [-0.25, -0.2) is 19.2 Å². The van der Waals surface area contributed by atoms with Gasteiger partial charge < -0.3 is 9.15 Å². The Kier molecular flexibility index (Phi) is 5.52. The Morgan fingerprint density at radius 3 is 2.58 bits per heavy atom. The van der Waals surface area contributed by atoms with Crippen molar-refractivity contribution in [1.29, 1.82) is 0 Å². The number of hydrogen-bond donors (Lipinski definition) is 0. The second kappa shape index (κ2) is 8.42. The van der Waals surface area contributed by atoms with E-state index >= 15 is 0 Å². The van der Waals surface area contributed by atoms with E-state index in [1.807, 2.05) is 0 Å². The number of benzene rings is 1. The number of hydrogen-bond acceptors (Lipinski definition) is 7. The van der Waals surface area contributed by atoms with Crippen molar-refractivity contribution in [3.05, 3.63) is 81.3 Å². The Bertz CT molecular complexity index is 1320. The molecule has 0 fully saturated rings. The summed E-state index contributed by atoms with van der Waals surface area (Å²) in [6, 6.07) is 8.08. The first-order chi connectivity index (χ1) is 14.9. The lowest BCUT2D eigenvalue weighted by Crippen LogP contribution is -2.22. The quantitative estimate of drug-likeness (QED) is 0.440. The van der Waals surface area contributed by atoms with E-state index in [-0.39, 0.29) is 34.8 Å². The van der Waals surface area contributed by atoms with Gasteiger partial charge in [0.15, 0.2) is 5.65 Å². The van der Waals surface area contributed by atoms with Gasteiger partial charge in [0, 0.05) is 6.20 Å². The van der Waals surface area contributed by atoms with Gasteiger partial charge in [-0.3, -0.25) is 9.36 Å². The van der Waals surface area contributed by atoms with Crippen molar-refractivity contribution >= 4 is 11.0 Å². The van der Waals surface area contributed by atoms with Crippen LogP contribution in [0.5, 0.6) is 5.75 Å². The molecule has 0 aliphatic carbocycles. The molecule has 31 heavy (non-hydrogen) atoms. The van der Waals surface area contributed by atoms with Crippen LogP contribution < -0.4 is 16.1 Å². The maximum absolute atomic E-state index is 14.6. The lowest BCUT2D eigenvalue weighted by atomic mass is 10.1. The molecule has 0 bridgehead atoms. The van der Waals surface area contributed by atoms with E-state index in [0.29, 0.717) is 0 Å². The van der Waals surface area contributed by atoms with Crippen LogP contribution in [0.2, 0.25) is 0 Å². The molecule has 4 rings (SSSR count). The van der Waals surface area contributed by atoms with Gasteiger partial charge in [0.25, 0.3) is 5.56 Å². The van der Waals surface area contributed by atoms with Crippen molar-refractivity contribution in [2.75, 3.05) is 0 Å². The van der Waals surface area contributed by atoms with Gasteiger partial charge in [-0.2, -0.15) is 13.5 Å². The van der Waals surface area contributed by atoms with E-state index in [2.05, 4.69) is 19.8 Å². The minimum Gasteiger partial charge on any atom is -0.435 e. The molecule has 0 radical (unpaired) electrons. The smallest absolute Gasteiger partial charge is 0.435 e. The molecule has 1 atom stereocenters. The summed E-state index contributed by atoms with van der Waals surface area (Å²) in [5.74, 6) is -1.12. The maximum atomic E-state index is 14.6. The Morgan fingerprint density at radius 1 is 1.06 bits per heavy atom. The van der Waals surface area contributed by atoms with Gasteiger partial charge in [-0.05, 0) is 29.8 Å². The molecule has 4 aromatic rings. The van der Waals surface area contributed by atoms with Crippen LogP contribution >= 0.6 is 0 Å². The summed E-state index contributed by atoms with van der Waals surface area (Å²) in [5.41, 5.74) is 0.0197. The summed E-state index contributed by atoms with van der Waals surface area (Å²) in [5, 5.41) is 4.21.